The van der Waals surface area contributed by atoms with Crippen LogP contribution in [0.2, 0.25) is 10.0 Å². The Morgan fingerprint density at radius 2 is 1.88 bits per heavy atom. The van der Waals surface area contributed by atoms with E-state index in [2.05, 4.69) is 15.6 Å². The molecule has 0 amide bonds. The quantitative estimate of drug-likeness (QED) is 0.348. The molecule has 0 aromatic heterocycles. The van der Waals surface area contributed by atoms with Crippen LogP contribution in [-0.4, -0.2) is 38.5 Å². The third kappa shape index (κ3) is 7.48. The Balaban J connectivity index is 0.00000576. The standard InChI is InChI=1S/C16H25Cl2N3O2S.HI/c1-11(13-7-6-12(17)10-14(13)18)21-15(19-5)20-8-9-24(22,23)16(2,3)4;/h6-7,10-11H,8-9H2,1-5H3,(H2,19,20,21);1H. The highest BCUT2D eigenvalue weighted by atomic mass is 127. The van der Waals surface area contributed by atoms with Crippen molar-refractivity contribution in [1.29, 1.82) is 0 Å². The number of benzene rings is 1. The van der Waals surface area contributed by atoms with Crippen molar-refractivity contribution in [3.05, 3.63) is 33.8 Å². The van der Waals surface area contributed by atoms with Crippen LogP contribution in [0.25, 0.3) is 0 Å². The number of rotatable bonds is 5. The largest absolute Gasteiger partial charge is 0.355 e. The first-order valence-corrected chi connectivity index (χ1v) is 10.0. The molecule has 1 atom stereocenters. The van der Waals surface area contributed by atoms with Crippen LogP contribution in [0.1, 0.15) is 39.3 Å². The molecule has 5 nitrogen and oxygen atoms in total. The minimum absolute atomic E-state index is 0. The van der Waals surface area contributed by atoms with Gasteiger partial charge in [0.2, 0.25) is 0 Å². The van der Waals surface area contributed by atoms with Crippen molar-refractivity contribution in [2.75, 3.05) is 19.3 Å². The fourth-order valence-corrected chi connectivity index (χ4v) is 3.50. The van der Waals surface area contributed by atoms with E-state index in [0.29, 0.717) is 16.0 Å². The van der Waals surface area contributed by atoms with Gasteiger partial charge >= 0.3 is 0 Å². The molecule has 1 unspecified atom stereocenters. The van der Waals surface area contributed by atoms with E-state index in [9.17, 15) is 8.42 Å². The SMILES string of the molecule is CN=C(NCCS(=O)(=O)C(C)(C)C)NC(C)c1ccc(Cl)cc1Cl.I. The van der Waals surface area contributed by atoms with E-state index in [1.54, 1.807) is 40.0 Å². The van der Waals surface area contributed by atoms with E-state index in [1.165, 1.54) is 0 Å². The lowest BCUT2D eigenvalue weighted by molar-refractivity contribution is 0.558. The van der Waals surface area contributed by atoms with Crippen molar-refractivity contribution < 1.29 is 8.42 Å². The summed E-state index contributed by atoms with van der Waals surface area (Å²) in [5.74, 6) is 0.547. The zero-order chi connectivity index (χ0) is 18.5. The van der Waals surface area contributed by atoms with Gasteiger partial charge in [0.15, 0.2) is 15.8 Å². The molecule has 0 heterocycles. The molecule has 1 aromatic carbocycles. The number of aliphatic imine (C=N–C) groups is 1. The number of nitrogens with zero attached hydrogens (tertiary/aromatic N) is 1. The molecule has 9 heteroatoms. The van der Waals surface area contributed by atoms with Gasteiger partial charge in [-0.15, -0.1) is 24.0 Å². The molecular formula is C16H26Cl2IN3O2S. The highest BCUT2D eigenvalue weighted by Crippen LogP contribution is 2.26. The van der Waals surface area contributed by atoms with Crippen molar-refractivity contribution in [2.45, 2.75) is 38.5 Å². The predicted octanol–water partition coefficient (Wildman–Crippen LogP) is 4.05. The zero-order valence-corrected chi connectivity index (χ0v) is 19.7. The van der Waals surface area contributed by atoms with Gasteiger partial charge in [0.05, 0.1) is 16.5 Å². The van der Waals surface area contributed by atoms with E-state index in [1.807, 2.05) is 13.0 Å². The van der Waals surface area contributed by atoms with Crippen molar-refractivity contribution in [3.63, 3.8) is 0 Å². The number of halogens is 3. The minimum atomic E-state index is -3.17. The summed E-state index contributed by atoms with van der Waals surface area (Å²) in [5.41, 5.74) is 0.881. The monoisotopic (exact) mass is 521 g/mol. The Labute approximate surface area is 177 Å². The fraction of sp³-hybridized carbons (Fsp3) is 0.562. The second-order valence-electron chi connectivity index (χ2n) is 6.46. The van der Waals surface area contributed by atoms with Gasteiger partial charge in [-0.25, -0.2) is 8.42 Å². The van der Waals surface area contributed by atoms with Gasteiger partial charge in [0.25, 0.3) is 0 Å². The molecule has 0 radical (unpaired) electrons. The fourth-order valence-electron chi connectivity index (χ4n) is 1.94. The third-order valence-electron chi connectivity index (χ3n) is 3.60. The lowest BCUT2D eigenvalue weighted by Gasteiger charge is -2.21. The molecule has 0 spiro atoms. The summed E-state index contributed by atoms with van der Waals surface area (Å²) in [7, 11) is -1.55. The molecule has 0 aliphatic heterocycles. The average molecular weight is 522 g/mol. The predicted molar refractivity (Wildman–Crippen MR) is 118 cm³/mol. The van der Waals surface area contributed by atoms with Gasteiger partial charge < -0.3 is 10.6 Å². The summed E-state index contributed by atoms with van der Waals surface area (Å²) in [6, 6.07) is 5.19. The molecule has 1 aromatic rings. The van der Waals surface area contributed by atoms with Crippen molar-refractivity contribution >= 4 is 63.0 Å². The molecule has 2 N–H and O–H groups in total. The Morgan fingerprint density at radius 1 is 1.28 bits per heavy atom. The number of hydrogen-bond donors (Lipinski definition) is 2. The maximum absolute atomic E-state index is 12.1. The summed E-state index contributed by atoms with van der Waals surface area (Å²) >= 11 is 12.1. The highest BCUT2D eigenvalue weighted by molar-refractivity contribution is 14.0. The van der Waals surface area contributed by atoms with E-state index in [-0.39, 0.29) is 42.3 Å². The Morgan fingerprint density at radius 3 is 2.36 bits per heavy atom. The van der Waals surface area contributed by atoms with E-state index >= 15 is 0 Å². The molecule has 0 bridgehead atoms. The van der Waals surface area contributed by atoms with Crippen LogP contribution < -0.4 is 10.6 Å². The lowest BCUT2D eigenvalue weighted by atomic mass is 10.1. The molecule has 0 aliphatic carbocycles. The number of hydrogen-bond acceptors (Lipinski definition) is 3. The molecule has 0 saturated carbocycles. The van der Waals surface area contributed by atoms with Crippen molar-refractivity contribution in [2.24, 2.45) is 4.99 Å². The summed E-state index contributed by atoms with van der Waals surface area (Å²) < 4.78 is 23.5. The normalized spacial score (nSPS) is 13.8. The smallest absolute Gasteiger partial charge is 0.191 e. The van der Waals surface area contributed by atoms with Crippen LogP contribution in [0.3, 0.4) is 0 Å². The molecule has 1 rings (SSSR count). The van der Waals surface area contributed by atoms with Crippen molar-refractivity contribution in [3.8, 4) is 0 Å². The van der Waals surface area contributed by atoms with Gasteiger partial charge in [0.1, 0.15) is 0 Å². The Kier molecular flexibility index (Phi) is 10.1. The number of nitrogens with one attached hydrogen (secondary N) is 2. The summed E-state index contributed by atoms with van der Waals surface area (Å²) in [6.45, 7) is 7.30. The van der Waals surface area contributed by atoms with E-state index < -0.39 is 14.6 Å². The van der Waals surface area contributed by atoms with Gasteiger partial charge in [-0.3, -0.25) is 4.99 Å². The Bertz CT molecular complexity index is 704. The van der Waals surface area contributed by atoms with Gasteiger partial charge in [-0.05, 0) is 45.4 Å². The number of guanidine groups is 1. The lowest BCUT2D eigenvalue weighted by Crippen LogP contribution is -2.42. The summed E-state index contributed by atoms with van der Waals surface area (Å²) in [5, 5.41) is 7.34. The highest BCUT2D eigenvalue weighted by Gasteiger charge is 2.28. The first kappa shape index (κ1) is 24.8. The van der Waals surface area contributed by atoms with Crippen LogP contribution in [0.4, 0.5) is 0 Å². The van der Waals surface area contributed by atoms with Crippen molar-refractivity contribution in [1.82, 2.24) is 10.6 Å². The molecule has 0 saturated heterocycles. The minimum Gasteiger partial charge on any atom is -0.355 e. The number of sulfone groups is 1. The van der Waals surface area contributed by atoms with E-state index in [0.717, 1.165) is 5.56 Å². The topological polar surface area (TPSA) is 70.6 Å². The van der Waals surface area contributed by atoms with Crippen LogP contribution in [0.15, 0.2) is 23.2 Å². The maximum atomic E-state index is 12.1. The summed E-state index contributed by atoms with van der Waals surface area (Å²) in [6.07, 6.45) is 0. The first-order chi connectivity index (χ1) is 11.0. The molecule has 25 heavy (non-hydrogen) atoms. The molecule has 0 aliphatic rings. The van der Waals surface area contributed by atoms with Gasteiger partial charge in [0, 0.05) is 23.6 Å². The van der Waals surface area contributed by atoms with Crippen LogP contribution in [-0.2, 0) is 9.84 Å². The van der Waals surface area contributed by atoms with Gasteiger partial charge in [-0.1, -0.05) is 29.3 Å². The zero-order valence-electron chi connectivity index (χ0n) is 15.1. The second-order valence-corrected chi connectivity index (χ2v) is 10.2. The molecule has 144 valence electrons. The Hall–Kier alpha value is -0.250. The summed E-state index contributed by atoms with van der Waals surface area (Å²) in [4.78, 5) is 4.11. The van der Waals surface area contributed by atoms with Crippen LogP contribution in [0.5, 0.6) is 0 Å². The maximum Gasteiger partial charge on any atom is 0.191 e. The van der Waals surface area contributed by atoms with E-state index in [4.69, 9.17) is 23.2 Å². The van der Waals surface area contributed by atoms with Crippen LogP contribution in [0, 0.1) is 0 Å². The second kappa shape index (κ2) is 10.2. The molecular weight excluding hydrogens is 496 g/mol. The van der Waals surface area contributed by atoms with Crippen LogP contribution >= 0.6 is 47.2 Å². The molecule has 0 fully saturated rings. The third-order valence-corrected chi connectivity index (χ3v) is 6.77. The van der Waals surface area contributed by atoms with Gasteiger partial charge in [-0.2, -0.15) is 0 Å². The average Bonchev–Trinajstić information content (AvgIpc) is 2.44. The first-order valence-electron chi connectivity index (χ1n) is 7.62.